The molecule has 2 aromatic rings. The summed E-state index contributed by atoms with van der Waals surface area (Å²) in [5.41, 5.74) is 4.26. The highest BCUT2D eigenvalue weighted by molar-refractivity contribution is 9.10. The van der Waals surface area contributed by atoms with Gasteiger partial charge >= 0.3 is 0 Å². The quantitative estimate of drug-likeness (QED) is 0.750. The molecule has 0 saturated carbocycles. The molecule has 1 atom stereocenters. The van der Waals surface area contributed by atoms with Crippen molar-refractivity contribution in [3.8, 4) is 0 Å². The van der Waals surface area contributed by atoms with Gasteiger partial charge in [0.2, 0.25) is 5.91 Å². The molecule has 1 amide bonds. The summed E-state index contributed by atoms with van der Waals surface area (Å²) < 4.78 is 0.989. The van der Waals surface area contributed by atoms with Gasteiger partial charge in [0, 0.05) is 28.1 Å². The summed E-state index contributed by atoms with van der Waals surface area (Å²) in [5.74, 6) is -0.0574. The lowest BCUT2D eigenvalue weighted by Gasteiger charge is -2.21. The summed E-state index contributed by atoms with van der Waals surface area (Å²) in [6.45, 7) is 2.87. The molecule has 0 aromatic heterocycles. The average Bonchev–Trinajstić information content (AvgIpc) is 2.56. The minimum Gasteiger partial charge on any atom is -0.385 e. The van der Waals surface area contributed by atoms with Gasteiger partial charge in [-0.1, -0.05) is 22.0 Å². The second-order valence-corrected chi connectivity index (χ2v) is 6.68. The van der Waals surface area contributed by atoms with Gasteiger partial charge < -0.3 is 16.0 Å². The van der Waals surface area contributed by atoms with Crippen molar-refractivity contribution in [2.45, 2.75) is 25.8 Å². The van der Waals surface area contributed by atoms with E-state index >= 15 is 0 Å². The first kappa shape index (κ1) is 15.9. The number of aryl methyl sites for hydroxylation is 1. The van der Waals surface area contributed by atoms with Gasteiger partial charge in [-0.25, -0.2) is 0 Å². The van der Waals surface area contributed by atoms with Crippen LogP contribution in [0.25, 0.3) is 0 Å². The van der Waals surface area contributed by atoms with Crippen molar-refractivity contribution in [1.29, 1.82) is 0 Å². The van der Waals surface area contributed by atoms with Gasteiger partial charge in [0.25, 0.3) is 0 Å². The van der Waals surface area contributed by atoms with Crippen LogP contribution in [0, 0.1) is 0 Å². The largest absolute Gasteiger partial charge is 0.385 e. The first-order chi connectivity index (χ1) is 11.1. The number of nitrogens with one attached hydrogen (secondary N) is 3. The van der Waals surface area contributed by atoms with E-state index in [4.69, 9.17) is 0 Å². The molecule has 0 aliphatic carbocycles. The number of hydrogen-bond acceptors (Lipinski definition) is 3. The maximum atomic E-state index is 12.3. The Labute approximate surface area is 144 Å². The van der Waals surface area contributed by atoms with Gasteiger partial charge in [-0.3, -0.25) is 4.79 Å². The van der Waals surface area contributed by atoms with E-state index < -0.39 is 0 Å². The zero-order chi connectivity index (χ0) is 16.2. The molecule has 0 radical (unpaired) electrons. The average molecular weight is 374 g/mol. The van der Waals surface area contributed by atoms with Crippen LogP contribution < -0.4 is 16.0 Å². The fourth-order valence-electron chi connectivity index (χ4n) is 2.65. The van der Waals surface area contributed by atoms with Gasteiger partial charge in [0.1, 0.15) is 6.04 Å². The Morgan fingerprint density at radius 2 is 1.91 bits per heavy atom. The van der Waals surface area contributed by atoms with Crippen LogP contribution in [0.3, 0.4) is 0 Å². The molecule has 1 unspecified atom stereocenters. The number of anilines is 3. The highest BCUT2D eigenvalue weighted by Gasteiger charge is 2.14. The molecule has 23 heavy (non-hydrogen) atoms. The predicted octanol–water partition coefficient (Wildman–Crippen LogP) is 4.25. The Balaban J connectivity index is 1.62. The first-order valence-electron chi connectivity index (χ1n) is 7.81. The third-order valence-electron chi connectivity index (χ3n) is 3.94. The molecule has 0 bridgehead atoms. The molecule has 0 fully saturated rings. The van der Waals surface area contributed by atoms with Crippen LogP contribution in [-0.2, 0) is 11.2 Å². The number of carbonyl (C=O) groups excluding carboxylic acids is 1. The van der Waals surface area contributed by atoms with Crippen LogP contribution in [0.5, 0.6) is 0 Å². The van der Waals surface area contributed by atoms with Crippen molar-refractivity contribution in [1.82, 2.24) is 0 Å². The van der Waals surface area contributed by atoms with E-state index in [1.54, 1.807) is 0 Å². The second kappa shape index (κ2) is 7.04. The predicted molar refractivity (Wildman–Crippen MR) is 99.1 cm³/mol. The fourth-order valence-corrected chi connectivity index (χ4v) is 2.91. The molecule has 120 valence electrons. The molecule has 3 N–H and O–H groups in total. The van der Waals surface area contributed by atoms with Crippen molar-refractivity contribution in [2.24, 2.45) is 0 Å². The summed E-state index contributed by atoms with van der Waals surface area (Å²) in [5, 5.41) is 9.58. The van der Waals surface area contributed by atoms with Crippen LogP contribution in [0.1, 0.15) is 18.9 Å². The summed E-state index contributed by atoms with van der Waals surface area (Å²) in [4.78, 5) is 12.3. The molecule has 3 rings (SSSR count). The van der Waals surface area contributed by atoms with Crippen LogP contribution in [0.4, 0.5) is 17.1 Å². The molecule has 0 saturated heterocycles. The van der Waals surface area contributed by atoms with E-state index in [9.17, 15) is 4.79 Å². The Kier molecular flexibility index (Phi) is 4.86. The lowest BCUT2D eigenvalue weighted by molar-refractivity contribution is -0.116. The Morgan fingerprint density at radius 3 is 2.70 bits per heavy atom. The smallest absolute Gasteiger partial charge is 0.246 e. The summed E-state index contributed by atoms with van der Waals surface area (Å²) in [6, 6.07) is 13.5. The monoisotopic (exact) mass is 373 g/mol. The van der Waals surface area contributed by atoms with E-state index in [2.05, 4.69) is 44.0 Å². The molecule has 4 nitrogen and oxygen atoms in total. The number of amides is 1. The molecule has 1 heterocycles. The maximum Gasteiger partial charge on any atom is 0.246 e. The zero-order valence-electron chi connectivity index (χ0n) is 13.0. The van der Waals surface area contributed by atoms with E-state index in [1.165, 1.54) is 17.7 Å². The Bertz CT molecular complexity index is 700. The van der Waals surface area contributed by atoms with E-state index in [-0.39, 0.29) is 11.9 Å². The van der Waals surface area contributed by atoms with Crippen LogP contribution in [0.2, 0.25) is 0 Å². The van der Waals surface area contributed by atoms with Crippen LogP contribution in [-0.4, -0.2) is 18.5 Å². The molecule has 2 aromatic carbocycles. The summed E-state index contributed by atoms with van der Waals surface area (Å²) in [7, 11) is 0. The number of benzene rings is 2. The highest BCUT2D eigenvalue weighted by atomic mass is 79.9. The van der Waals surface area contributed by atoms with Gasteiger partial charge in [0.05, 0.1) is 0 Å². The van der Waals surface area contributed by atoms with Crippen molar-refractivity contribution in [2.75, 3.05) is 22.5 Å². The molecule has 5 heteroatoms. The van der Waals surface area contributed by atoms with Crippen molar-refractivity contribution in [3.63, 3.8) is 0 Å². The van der Waals surface area contributed by atoms with E-state index in [0.717, 1.165) is 28.8 Å². The van der Waals surface area contributed by atoms with Crippen molar-refractivity contribution < 1.29 is 4.79 Å². The van der Waals surface area contributed by atoms with Gasteiger partial charge in [-0.2, -0.15) is 0 Å². The normalized spacial score (nSPS) is 14.3. The molecule has 0 spiro atoms. The highest BCUT2D eigenvalue weighted by Crippen LogP contribution is 2.25. The minimum absolute atomic E-state index is 0.0574. The molecular weight excluding hydrogens is 354 g/mol. The van der Waals surface area contributed by atoms with Gasteiger partial charge in [0.15, 0.2) is 0 Å². The van der Waals surface area contributed by atoms with E-state index in [0.29, 0.717) is 0 Å². The number of halogens is 1. The van der Waals surface area contributed by atoms with E-state index in [1.807, 2.05) is 37.3 Å². The third kappa shape index (κ3) is 4.05. The number of hydrogen-bond donors (Lipinski definition) is 3. The zero-order valence-corrected chi connectivity index (χ0v) is 14.6. The van der Waals surface area contributed by atoms with Crippen molar-refractivity contribution in [3.05, 3.63) is 52.5 Å². The minimum atomic E-state index is -0.319. The molecule has 1 aliphatic rings. The second-order valence-electron chi connectivity index (χ2n) is 5.76. The van der Waals surface area contributed by atoms with Gasteiger partial charge in [-0.05, 0) is 61.7 Å². The lowest BCUT2D eigenvalue weighted by Crippen LogP contribution is -2.31. The van der Waals surface area contributed by atoms with Gasteiger partial charge in [-0.15, -0.1) is 0 Å². The third-order valence-corrected chi connectivity index (χ3v) is 4.47. The number of rotatable bonds is 4. The number of fused-ring (bicyclic) bond motifs is 1. The maximum absolute atomic E-state index is 12.3. The van der Waals surface area contributed by atoms with Crippen LogP contribution in [0.15, 0.2) is 46.9 Å². The summed E-state index contributed by atoms with van der Waals surface area (Å²) >= 11 is 3.38. The SMILES string of the molecule is CC(Nc1ccc2c(c1)NCCC2)C(=O)Nc1ccc(Br)cc1. The lowest BCUT2D eigenvalue weighted by atomic mass is 10.0. The standard InChI is InChI=1S/C18H20BrN3O/c1-12(18(23)22-15-8-5-14(19)6-9-15)21-16-7-4-13-3-2-10-20-17(13)11-16/h4-9,11-12,20-21H,2-3,10H2,1H3,(H,22,23). The first-order valence-corrected chi connectivity index (χ1v) is 8.61. The fraction of sp³-hybridized carbons (Fsp3) is 0.278. The molecule has 1 aliphatic heterocycles. The summed E-state index contributed by atoms with van der Waals surface area (Å²) in [6.07, 6.45) is 2.29. The topological polar surface area (TPSA) is 53.2 Å². The van der Waals surface area contributed by atoms with Crippen LogP contribution >= 0.6 is 15.9 Å². The molecular formula is C18H20BrN3O. The van der Waals surface area contributed by atoms with Crippen molar-refractivity contribution >= 4 is 38.9 Å². The Hall–Kier alpha value is -2.01. The Morgan fingerprint density at radius 1 is 1.17 bits per heavy atom. The number of carbonyl (C=O) groups is 1.